The van der Waals surface area contributed by atoms with Crippen molar-refractivity contribution in [3.8, 4) is 5.75 Å². The molecule has 2 aromatic rings. The van der Waals surface area contributed by atoms with Gasteiger partial charge >= 0.3 is 33.4 Å². The second-order valence-electron chi connectivity index (χ2n) is 6.31. The topological polar surface area (TPSA) is 60.4 Å². The molecule has 0 saturated heterocycles. The lowest BCUT2D eigenvalue weighted by Gasteiger charge is -2.32. The number of hydrogen-bond acceptors (Lipinski definition) is 4. The molecule has 2 rings (SSSR count). The Bertz CT molecular complexity index is 1140. The van der Waals surface area contributed by atoms with E-state index in [0.717, 1.165) is 24.3 Å². The highest BCUT2D eigenvalue weighted by atomic mass is 32.2. The van der Waals surface area contributed by atoms with E-state index in [4.69, 9.17) is 0 Å². The summed E-state index contributed by atoms with van der Waals surface area (Å²) in [6, 6.07) is 11.3. The first-order valence-corrected chi connectivity index (χ1v) is 9.87. The van der Waals surface area contributed by atoms with E-state index in [1.165, 1.54) is 6.08 Å². The van der Waals surface area contributed by atoms with Gasteiger partial charge in [0.1, 0.15) is 0 Å². The fraction of sp³-hybridized carbons (Fsp3) is 0.211. The number of carbonyl (C=O) groups is 1. The Labute approximate surface area is 180 Å². The van der Waals surface area contributed by atoms with Crippen molar-refractivity contribution >= 4 is 22.0 Å². The Morgan fingerprint density at radius 2 is 1.27 bits per heavy atom. The third-order valence-electron chi connectivity index (χ3n) is 4.01. The average molecular weight is 506 g/mol. The summed E-state index contributed by atoms with van der Waals surface area (Å²) in [5, 5.41) is -7.05. The molecule has 2 aromatic carbocycles. The number of alkyl halides is 9. The standard InChI is InChI=1S/C19H11F9O4S/c20-16(21,18(24,25)26)17(22,23)19(27,28)33(30,31)32-15-9-5-4-8-13(15)14(29)11-10-12-6-2-1-3-7-12/h1-11H/b11-10+. The summed E-state index contributed by atoms with van der Waals surface area (Å²) in [5.74, 6) is -17.3. The molecular weight excluding hydrogens is 495 g/mol. The summed E-state index contributed by atoms with van der Waals surface area (Å²) < 4.78 is 145. The number of allylic oxidation sites excluding steroid dienone is 1. The van der Waals surface area contributed by atoms with Crippen molar-refractivity contribution in [2.45, 2.75) is 23.3 Å². The first-order valence-electron chi connectivity index (χ1n) is 8.46. The number of benzene rings is 2. The van der Waals surface area contributed by atoms with Crippen molar-refractivity contribution in [1.82, 2.24) is 0 Å². The molecule has 0 bridgehead atoms. The van der Waals surface area contributed by atoms with Crippen LogP contribution in [0.1, 0.15) is 15.9 Å². The van der Waals surface area contributed by atoms with Crippen LogP contribution in [0, 0.1) is 0 Å². The van der Waals surface area contributed by atoms with Crippen LogP contribution in [-0.4, -0.2) is 37.5 Å². The van der Waals surface area contributed by atoms with Gasteiger partial charge in [0, 0.05) is 0 Å². The summed E-state index contributed by atoms with van der Waals surface area (Å²) in [7, 11) is -7.18. The largest absolute Gasteiger partial charge is 0.460 e. The minimum Gasteiger partial charge on any atom is -0.377 e. The molecule has 180 valence electrons. The molecule has 0 atom stereocenters. The molecule has 0 unspecified atom stereocenters. The van der Waals surface area contributed by atoms with E-state index >= 15 is 0 Å². The van der Waals surface area contributed by atoms with Crippen LogP contribution in [-0.2, 0) is 10.1 Å². The highest BCUT2D eigenvalue weighted by Crippen LogP contribution is 2.55. The van der Waals surface area contributed by atoms with E-state index in [9.17, 15) is 52.7 Å². The molecule has 0 amide bonds. The zero-order chi connectivity index (χ0) is 25.3. The summed E-state index contributed by atoms with van der Waals surface area (Å²) in [6.07, 6.45) is -5.18. The van der Waals surface area contributed by atoms with Crippen LogP contribution in [0.25, 0.3) is 6.08 Å². The lowest BCUT2D eigenvalue weighted by atomic mass is 10.1. The molecule has 0 heterocycles. The van der Waals surface area contributed by atoms with Crippen LogP contribution in [0.3, 0.4) is 0 Å². The Kier molecular flexibility index (Phi) is 6.93. The molecule has 0 aliphatic rings. The van der Waals surface area contributed by atoms with Crippen LogP contribution in [0.4, 0.5) is 39.5 Å². The van der Waals surface area contributed by atoms with E-state index in [-0.39, 0.29) is 0 Å². The van der Waals surface area contributed by atoms with Gasteiger partial charge in [0.2, 0.25) is 0 Å². The molecule has 33 heavy (non-hydrogen) atoms. The molecule has 4 nitrogen and oxygen atoms in total. The van der Waals surface area contributed by atoms with Gasteiger partial charge in [-0.15, -0.1) is 0 Å². The van der Waals surface area contributed by atoms with Gasteiger partial charge < -0.3 is 4.18 Å². The van der Waals surface area contributed by atoms with Gasteiger partial charge in [-0.2, -0.15) is 47.9 Å². The molecule has 0 N–H and O–H groups in total. The Morgan fingerprint density at radius 1 is 0.758 bits per heavy atom. The van der Waals surface area contributed by atoms with Crippen molar-refractivity contribution < 1.29 is 56.9 Å². The number of para-hydroxylation sites is 1. The Hall–Kier alpha value is -3.03. The van der Waals surface area contributed by atoms with Gasteiger partial charge in [0.05, 0.1) is 5.56 Å². The van der Waals surface area contributed by atoms with Gasteiger partial charge in [-0.25, -0.2) is 0 Å². The Morgan fingerprint density at radius 3 is 1.82 bits per heavy atom. The summed E-state index contributed by atoms with van der Waals surface area (Å²) in [4.78, 5) is 12.3. The maximum Gasteiger partial charge on any atom is 0.460 e. The predicted molar refractivity (Wildman–Crippen MR) is 96.7 cm³/mol. The maximum atomic E-state index is 13.9. The van der Waals surface area contributed by atoms with Crippen LogP contribution in [0.2, 0.25) is 0 Å². The number of carbonyl (C=O) groups excluding carboxylic acids is 1. The van der Waals surface area contributed by atoms with Gasteiger partial charge in [-0.3, -0.25) is 4.79 Å². The molecule has 14 heteroatoms. The molecule has 0 radical (unpaired) electrons. The van der Waals surface area contributed by atoms with Crippen LogP contribution < -0.4 is 4.18 Å². The van der Waals surface area contributed by atoms with Crippen LogP contribution in [0.15, 0.2) is 60.7 Å². The maximum absolute atomic E-state index is 13.9. The van der Waals surface area contributed by atoms with Crippen molar-refractivity contribution in [1.29, 1.82) is 0 Å². The summed E-state index contributed by atoms with van der Waals surface area (Å²) >= 11 is 0. The first kappa shape index (κ1) is 26.2. The summed E-state index contributed by atoms with van der Waals surface area (Å²) in [5.41, 5.74) is -0.313. The molecule has 0 aliphatic heterocycles. The third-order valence-corrected chi connectivity index (χ3v) is 5.29. The third kappa shape index (κ3) is 4.84. The fourth-order valence-corrected chi connectivity index (χ4v) is 3.19. The minimum atomic E-state index is -7.46. The number of hydrogen-bond donors (Lipinski definition) is 0. The molecule has 0 aliphatic carbocycles. The van der Waals surface area contributed by atoms with Crippen molar-refractivity contribution in [3.63, 3.8) is 0 Å². The zero-order valence-electron chi connectivity index (χ0n) is 15.8. The van der Waals surface area contributed by atoms with E-state index in [1.807, 2.05) is 0 Å². The first-order chi connectivity index (χ1) is 15.0. The predicted octanol–water partition coefficient (Wildman–Crippen LogP) is 5.72. The highest BCUT2D eigenvalue weighted by molar-refractivity contribution is 7.88. The molecule has 0 fully saturated rings. The fourth-order valence-electron chi connectivity index (χ4n) is 2.26. The van der Waals surface area contributed by atoms with Gasteiger partial charge in [0.25, 0.3) is 0 Å². The summed E-state index contributed by atoms with van der Waals surface area (Å²) in [6.45, 7) is 0. The average Bonchev–Trinajstić information content (AvgIpc) is 2.71. The van der Waals surface area contributed by atoms with Crippen molar-refractivity contribution in [2.24, 2.45) is 0 Å². The van der Waals surface area contributed by atoms with Crippen molar-refractivity contribution in [2.75, 3.05) is 0 Å². The van der Waals surface area contributed by atoms with Crippen molar-refractivity contribution in [3.05, 3.63) is 71.8 Å². The van der Waals surface area contributed by atoms with E-state index in [2.05, 4.69) is 4.18 Å². The lowest BCUT2D eigenvalue weighted by molar-refractivity contribution is -0.382. The highest BCUT2D eigenvalue weighted by Gasteiger charge is 2.86. The van der Waals surface area contributed by atoms with Crippen LogP contribution in [0.5, 0.6) is 5.75 Å². The van der Waals surface area contributed by atoms with Crippen LogP contribution >= 0.6 is 0 Å². The molecule has 0 aromatic heterocycles. The molecular formula is C19H11F9O4S. The monoisotopic (exact) mass is 506 g/mol. The zero-order valence-corrected chi connectivity index (χ0v) is 16.6. The SMILES string of the molecule is O=C(/C=C/c1ccccc1)c1ccccc1OS(=O)(=O)C(F)(F)C(F)(F)C(F)(F)C(F)(F)F. The second-order valence-corrected chi connectivity index (χ2v) is 7.89. The van der Waals surface area contributed by atoms with Gasteiger partial charge in [0.15, 0.2) is 11.5 Å². The lowest BCUT2D eigenvalue weighted by Crippen LogP contribution is -2.63. The van der Waals surface area contributed by atoms with E-state index in [0.29, 0.717) is 11.6 Å². The minimum absolute atomic E-state index is 0.470. The Balaban J connectivity index is 2.43. The number of rotatable bonds is 8. The number of halogens is 9. The normalized spacial score (nSPS) is 13.8. The van der Waals surface area contributed by atoms with E-state index < -0.39 is 50.5 Å². The molecule has 0 spiro atoms. The quantitative estimate of drug-likeness (QED) is 0.199. The smallest absolute Gasteiger partial charge is 0.377 e. The number of ketones is 1. The van der Waals surface area contributed by atoms with Gasteiger partial charge in [-0.05, 0) is 23.8 Å². The molecule has 0 saturated carbocycles. The van der Waals surface area contributed by atoms with E-state index in [1.54, 1.807) is 30.3 Å². The second kappa shape index (κ2) is 8.72. The van der Waals surface area contributed by atoms with Gasteiger partial charge in [-0.1, -0.05) is 48.5 Å².